The maximum Gasteiger partial charge on any atom is 0.270 e. The van der Waals surface area contributed by atoms with Crippen LogP contribution in [0.4, 0.5) is 11.5 Å². The predicted molar refractivity (Wildman–Crippen MR) is 101 cm³/mol. The van der Waals surface area contributed by atoms with E-state index < -0.39 is 0 Å². The second-order valence-electron chi connectivity index (χ2n) is 5.42. The van der Waals surface area contributed by atoms with E-state index in [0.717, 1.165) is 17.0 Å². The number of nitrogens with zero attached hydrogens (tertiary/aromatic N) is 2. The summed E-state index contributed by atoms with van der Waals surface area (Å²) in [4.78, 5) is 20.5. The zero-order chi connectivity index (χ0) is 18.4. The Morgan fingerprint density at radius 1 is 1.12 bits per heavy atom. The molecule has 0 fully saturated rings. The molecule has 1 heterocycles. The molecule has 1 aromatic heterocycles. The Morgan fingerprint density at radius 3 is 2.77 bits per heavy atom. The molecule has 0 aliphatic heterocycles. The van der Waals surface area contributed by atoms with Gasteiger partial charge in [0.2, 0.25) is 0 Å². The fourth-order valence-electron chi connectivity index (χ4n) is 2.31. The predicted octanol–water partition coefficient (Wildman–Crippen LogP) is 3.81. The standard InChI is InChI=1S/C19H17ClN4O2/c1-26-15-7-4-6-14(9-15)24-18-10-17(22-12-23-18)19(25)21-11-13-5-2-3-8-16(13)20/h2-10,12H,11H2,1H3,(H,21,25)(H,22,23,24). The Hall–Kier alpha value is -3.12. The van der Waals surface area contributed by atoms with Crippen LogP contribution in [0.25, 0.3) is 0 Å². The molecule has 0 aliphatic rings. The molecule has 0 saturated heterocycles. The number of rotatable bonds is 6. The fourth-order valence-corrected chi connectivity index (χ4v) is 2.51. The summed E-state index contributed by atoms with van der Waals surface area (Å²) in [5.41, 5.74) is 1.90. The number of carbonyl (C=O) groups is 1. The summed E-state index contributed by atoms with van der Waals surface area (Å²) < 4.78 is 5.19. The first-order chi connectivity index (χ1) is 12.7. The summed E-state index contributed by atoms with van der Waals surface area (Å²) >= 11 is 6.10. The lowest BCUT2D eigenvalue weighted by molar-refractivity contribution is 0.0946. The number of ether oxygens (including phenoxy) is 1. The van der Waals surface area contributed by atoms with Crippen molar-refractivity contribution in [2.75, 3.05) is 12.4 Å². The number of hydrogen-bond acceptors (Lipinski definition) is 5. The van der Waals surface area contributed by atoms with Crippen LogP contribution in [-0.2, 0) is 6.54 Å². The van der Waals surface area contributed by atoms with Crippen LogP contribution in [0.5, 0.6) is 5.75 Å². The average molecular weight is 369 g/mol. The summed E-state index contributed by atoms with van der Waals surface area (Å²) in [6.07, 6.45) is 1.34. The van der Waals surface area contributed by atoms with Gasteiger partial charge in [0.25, 0.3) is 5.91 Å². The zero-order valence-corrected chi connectivity index (χ0v) is 14.8. The molecule has 3 rings (SSSR count). The van der Waals surface area contributed by atoms with E-state index in [4.69, 9.17) is 16.3 Å². The number of anilines is 2. The molecule has 6 nitrogen and oxygen atoms in total. The molecule has 0 bridgehead atoms. The quantitative estimate of drug-likeness (QED) is 0.691. The number of amides is 1. The number of methoxy groups -OCH3 is 1. The van der Waals surface area contributed by atoms with Crippen LogP contribution in [0.3, 0.4) is 0 Å². The van der Waals surface area contributed by atoms with Gasteiger partial charge in [0.1, 0.15) is 23.6 Å². The Morgan fingerprint density at radius 2 is 1.96 bits per heavy atom. The maximum absolute atomic E-state index is 12.3. The maximum atomic E-state index is 12.3. The lowest BCUT2D eigenvalue weighted by atomic mass is 10.2. The summed E-state index contributed by atoms with van der Waals surface area (Å²) in [5.74, 6) is 0.930. The fraction of sp³-hybridized carbons (Fsp3) is 0.105. The molecule has 1 amide bonds. The molecule has 7 heteroatoms. The van der Waals surface area contributed by atoms with Crippen LogP contribution < -0.4 is 15.4 Å². The highest BCUT2D eigenvalue weighted by Gasteiger charge is 2.10. The molecule has 2 aromatic carbocycles. The number of nitrogens with one attached hydrogen (secondary N) is 2. The highest BCUT2D eigenvalue weighted by atomic mass is 35.5. The molecule has 0 radical (unpaired) electrons. The molecule has 2 N–H and O–H groups in total. The van der Waals surface area contributed by atoms with E-state index in [-0.39, 0.29) is 11.6 Å². The molecule has 0 atom stereocenters. The third kappa shape index (κ3) is 4.49. The van der Waals surface area contributed by atoms with Crippen molar-refractivity contribution in [3.05, 3.63) is 77.2 Å². The van der Waals surface area contributed by atoms with E-state index in [1.807, 2.05) is 42.5 Å². The summed E-state index contributed by atoms with van der Waals surface area (Å²) in [6.45, 7) is 0.321. The Labute approximate surface area is 156 Å². The van der Waals surface area contributed by atoms with Gasteiger partial charge in [-0.05, 0) is 23.8 Å². The van der Waals surface area contributed by atoms with Gasteiger partial charge in [-0.3, -0.25) is 4.79 Å². The van der Waals surface area contributed by atoms with E-state index >= 15 is 0 Å². The van der Waals surface area contributed by atoms with Crippen molar-refractivity contribution in [2.45, 2.75) is 6.54 Å². The van der Waals surface area contributed by atoms with Gasteiger partial charge in [0, 0.05) is 29.4 Å². The lowest BCUT2D eigenvalue weighted by Gasteiger charge is -2.09. The van der Waals surface area contributed by atoms with Crippen LogP contribution in [0, 0.1) is 0 Å². The van der Waals surface area contributed by atoms with Gasteiger partial charge >= 0.3 is 0 Å². The molecular weight excluding hydrogens is 352 g/mol. The minimum absolute atomic E-state index is 0.262. The van der Waals surface area contributed by atoms with E-state index in [9.17, 15) is 4.79 Å². The van der Waals surface area contributed by atoms with Crippen molar-refractivity contribution < 1.29 is 9.53 Å². The minimum Gasteiger partial charge on any atom is -0.497 e. The number of carbonyl (C=O) groups excluding carboxylic acids is 1. The third-order valence-electron chi connectivity index (χ3n) is 3.64. The van der Waals surface area contributed by atoms with Crippen molar-refractivity contribution >= 4 is 29.0 Å². The van der Waals surface area contributed by atoms with E-state index in [1.165, 1.54) is 6.33 Å². The second kappa shape index (κ2) is 8.31. The highest BCUT2D eigenvalue weighted by Crippen LogP contribution is 2.20. The number of hydrogen-bond donors (Lipinski definition) is 2. The van der Waals surface area contributed by atoms with Gasteiger partial charge in [-0.25, -0.2) is 9.97 Å². The monoisotopic (exact) mass is 368 g/mol. The Kier molecular flexibility index (Phi) is 5.66. The molecule has 0 aliphatic carbocycles. The van der Waals surface area contributed by atoms with Crippen molar-refractivity contribution in [3.63, 3.8) is 0 Å². The lowest BCUT2D eigenvalue weighted by Crippen LogP contribution is -2.24. The van der Waals surface area contributed by atoms with Crippen molar-refractivity contribution in [2.24, 2.45) is 0 Å². The first kappa shape index (κ1) is 17.7. The van der Waals surface area contributed by atoms with Crippen molar-refractivity contribution in [1.29, 1.82) is 0 Å². The molecule has 3 aromatic rings. The van der Waals surface area contributed by atoms with E-state index in [0.29, 0.717) is 17.4 Å². The second-order valence-corrected chi connectivity index (χ2v) is 5.83. The molecule has 132 valence electrons. The first-order valence-electron chi connectivity index (χ1n) is 7.90. The smallest absolute Gasteiger partial charge is 0.270 e. The normalized spacial score (nSPS) is 10.2. The number of benzene rings is 2. The molecule has 26 heavy (non-hydrogen) atoms. The Balaban J connectivity index is 1.68. The van der Waals surface area contributed by atoms with Crippen LogP contribution in [0.1, 0.15) is 16.1 Å². The SMILES string of the molecule is COc1cccc(Nc2cc(C(=O)NCc3ccccc3Cl)ncn2)c1. The van der Waals surface area contributed by atoms with Gasteiger partial charge in [-0.15, -0.1) is 0 Å². The summed E-state index contributed by atoms with van der Waals surface area (Å²) in [5, 5.41) is 6.54. The molecule has 0 unspecified atom stereocenters. The third-order valence-corrected chi connectivity index (χ3v) is 4.01. The number of aromatic nitrogens is 2. The van der Waals surface area contributed by atoms with E-state index in [1.54, 1.807) is 19.2 Å². The highest BCUT2D eigenvalue weighted by molar-refractivity contribution is 6.31. The average Bonchev–Trinajstić information content (AvgIpc) is 2.67. The van der Waals surface area contributed by atoms with Gasteiger partial charge in [-0.2, -0.15) is 0 Å². The van der Waals surface area contributed by atoms with Crippen molar-refractivity contribution in [1.82, 2.24) is 15.3 Å². The number of halogens is 1. The van der Waals surface area contributed by atoms with Gasteiger partial charge in [0.15, 0.2) is 0 Å². The van der Waals surface area contributed by atoms with Crippen LogP contribution in [0.15, 0.2) is 60.9 Å². The van der Waals surface area contributed by atoms with Gasteiger partial charge in [-0.1, -0.05) is 35.9 Å². The van der Waals surface area contributed by atoms with Crippen molar-refractivity contribution in [3.8, 4) is 5.75 Å². The van der Waals surface area contributed by atoms with Gasteiger partial charge in [0.05, 0.1) is 7.11 Å². The van der Waals surface area contributed by atoms with Crippen LogP contribution in [0.2, 0.25) is 5.02 Å². The largest absolute Gasteiger partial charge is 0.497 e. The zero-order valence-electron chi connectivity index (χ0n) is 14.1. The molecular formula is C19H17ClN4O2. The Bertz CT molecular complexity index is 917. The molecule has 0 saturated carbocycles. The summed E-state index contributed by atoms with van der Waals surface area (Å²) in [6, 6.07) is 16.4. The van der Waals surface area contributed by atoms with Crippen LogP contribution >= 0.6 is 11.6 Å². The first-order valence-corrected chi connectivity index (χ1v) is 8.28. The minimum atomic E-state index is -0.305. The van der Waals surface area contributed by atoms with E-state index in [2.05, 4.69) is 20.6 Å². The molecule has 0 spiro atoms. The van der Waals surface area contributed by atoms with Gasteiger partial charge < -0.3 is 15.4 Å². The summed E-state index contributed by atoms with van der Waals surface area (Å²) in [7, 11) is 1.60. The topological polar surface area (TPSA) is 76.1 Å². The van der Waals surface area contributed by atoms with Crippen LogP contribution in [-0.4, -0.2) is 23.0 Å².